The van der Waals surface area contributed by atoms with E-state index >= 15 is 0 Å². The lowest BCUT2D eigenvalue weighted by atomic mass is 10.2. The zero-order valence-corrected chi connectivity index (χ0v) is 12.5. The lowest BCUT2D eigenvalue weighted by molar-refractivity contribution is -0.158. The third-order valence-electron chi connectivity index (χ3n) is 3.26. The summed E-state index contributed by atoms with van der Waals surface area (Å²) in [6, 6.07) is 0.0224. The minimum absolute atomic E-state index is 0.0224. The third-order valence-corrected chi connectivity index (χ3v) is 3.26. The second-order valence-corrected chi connectivity index (χ2v) is 5.19. The highest BCUT2D eigenvalue weighted by Gasteiger charge is 2.34. The largest absolute Gasteiger partial charge is 0.390 e. The number of hydrogen-bond acceptors (Lipinski definition) is 5. The number of carbonyl (C=O) groups is 2. The molecule has 1 fully saturated rings. The van der Waals surface area contributed by atoms with Crippen LogP contribution in [0.1, 0.15) is 13.8 Å². The van der Waals surface area contributed by atoms with Crippen LogP contribution >= 0.6 is 0 Å². The van der Waals surface area contributed by atoms with Crippen molar-refractivity contribution in [2.45, 2.75) is 26.0 Å². The maximum Gasteiger partial charge on any atom is 0.312 e. The van der Waals surface area contributed by atoms with Crippen molar-refractivity contribution in [2.75, 3.05) is 46.4 Å². The molecule has 1 heterocycles. The van der Waals surface area contributed by atoms with Crippen LogP contribution in [-0.2, 0) is 14.3 Å². The van der Waals surface area contributed by atoms with Crippen molar-refractivity contribution in [3.8, 4) is 0 Å². The summed E-state index contributed by atoms with van der Waals surface area (Å²) in [7, 11) is 1.61. The van der Waals surface area contributed by atoms with E-state index in [4.69, 9.17) is 4.74 Å². The molecule has 1 aliphatic rings. The quantitative estimate of drug-likeness (QED) is 0.427. The number of piperazine rings is 1. The summed E-state index contributed by atoms with van der Waals surface area (Å²) in [4.78, 5) is 26.8. The van der Waals surface area contributed by atoms with Gasteiger partial charge in [-0.25, -0.2) is 0 Å². The molecule has 1 atom stereocenters. The molecule has 0 radical (unpaired) electrons. The number of aliphatic hydroxyl groups excluding tert-OH is 1. The lowest BCUT2D eigenvalue weighted by Crippen LogP contribution is -2.58. The number of nitrogens with one attached hydrogen (secondary N) is 1. The number of methoxy groups -OCH3 is 1. The van der Waals surface area contributed by atoms with Crippen molar-refractivity contribution < 1.29 is 19.4 Å². The number of rotatable bonds is 8. The first-order valence-corrected chi connectivity index (χ1v) is 6.95. The number of β-amino-alcohol motifs (C(OH)–C–C–N with tert-alkyl or cyclic N) is 1. The summed E-state index contributed by atoms with van der Waals surface area (Å²) >= 11 is 0. The molecule has 0 aliphatic carbocycles. The van der Waals surface area contributed by atoms with Crippen molar-refractivity contribution in [2.24, 2.45) is 0 Å². The van der Waals surface area contributed by atoms with E-state index in [1.165, 1.54) is 4.90 Å². The van der Waals surface area contributed by atoms with E-state index in [1.807, 2.05) is 13.8 Å². The van der Waals surface area contributed by atoms with Crippen LogP contribution in [0.3, 0.4) is 0 Å². The number of nitrogens with zero attached hydrogens (tertiary/aromatic N) is 2. The van der Waals surface area contributed by atoms with E-state index in [2.05, 4.69) is 5.32 Å². The Morgan fingerprint density at radius 2 is 2.00 bits per heavy atom. The molecule has 20 heavy (non-hydrogen) atoms. The van der Waals surface area contributed by atoms with Gasteiger partial charge < -0.3 is 25.0 Å². The van der Waals surface area contributed by atoms with E-state index < -0.39 is 17.9 Å². The molecule has 2 N–H and O–H groups in total. The first kappa shape index (κ1) is 16.9. The molecule has 0 spiro atoms. The fraction of sp³-hybridized carbons (Fsp3) is 0.846. The van der Waals surface area contributed by atoms with E-state index in [1.54, 1.807) is 12.0 Å². The maximum atomic E-state index is 11.9. The van der Waals surface area contributed by atoms with Gasteiger partial charge in [-0.2, -0.15) is 0 Å². The minimum Gasteiger partial charge on any atom is -0.390 e. The van der Waals surface area contributed by atoms with Gasteiger partial charge in [0.15, 0.2) is 0 Å². The van der Waals surface area contributed by atoms with Crippen molar-refractivity contribution in [1.82, 2.24) is 15.1 Å². The SMILES string of the molecule is COCCNCC(O)CN1CCN(C(C)C)C(=O)C1=O. The summed E-state index contributed by atoms with van der Waals surface area (Å²) in [6.45, 7) is 6.51. The predicted octanol–water partition coefficient (Wildman–Crippen LogP) is -1.34. The normalized spacial score (nSPS) is 18.1. The van der Waals surface area contributed by atoms with Gasteiger partial charge in [0.05, 0.1) is 12.7 Å². The number of aliphatic hydroxyl groups is 1. The zero-order valence-electron chi connectivity index (χ0n) is 12.5. The zero-order chi connectivity index (χ0) is 15.1. The molecule has 1 unspecified atom stereocenters. The fourth-order valence-corrected chi connectivity index (χ4v) is 2.12. The molecule has 0 aromatic rings. The summed E-state index contributed by atoms with van der Waals surface area (Å²) in [6.07, 6.45) is -0.686. The van der Waals surface area contributed by atoms with Crippen LogP contribution in [0.15, 0.2) is 0 Å². The Morgan fingerprint density at radius 1 is 1.30 bits per heavy atom. The van der Waals surface area contributed by atoms with E-state index in [0.29, 0.717) is 32.8 Å². The molecule has 1 saturated heterocycles. The molecular weight excluding hydrogens is 262 g/mol. The average Bonchev–Trinajstić information content (AvgIpc) is 2.40. The Morgan fingerprint density at radius 3 is 2.60 bits per heavy atom. The minimum atomic E-state index is -0.686. The molecular formula is C13H25N3O4. The molecule has 7 nitrogen and oxygen atoms in total. The van der Waals surface area contributed by atoms with Crippen LogP contribution < -0.4 is 5.32 Å². The van der Waals surface area contributed by atoms with Crippen LogP contribution in [-0.4, -0.2) is 85.3 Å². The van der Waals surface area contributed by atoms with E-state index in [0.717, 1.165) is 0 Å². The van der Waals surface area contributed by atoms with Gasteiger partial charge in [-0.1, -0.05) is 0 Å². The molecule has 0 aromatic carbocycles. The molecule has 0 saturated carbocycles. The van der Waals surface area contributed by atoms with Crippen LogP contribution in [0.2, 0.25) is 0 Å². The summed E-state index contributed by atoms with van der Waals surface area (Å²) in [5, 5.41) is 12.9. The van der Waals surface area contributed by atoms with Crippen LogP contribution in [0, 0.1) is 0 Å². The molecule has 0 bridgehead atoms. The van der Waals surface area contributed by atoms with Gasteiger partial charge in [0.1, 0.15) is 0 Å². The first-order chi connectivity index (χ1) is 9.47. The highest BCUT2D eigenvalue weighted by Crippen LogP contribution is 2.09. The van der Waals surface area contributed by atoms with Gasteiger partial charge in [-0.15, -0.1) is 0 Å². The summed E-state index contributed by atoms with van der Waals surface area (Å²) in [5.41, 5.74) is 0. The van der Waals surface area contributed by atoms with Gasteiger partial charge in [-0.05, 0) is 13.8 Å². The molecule has 2 amide bonds. The van der Waals surface area contributed by atoms with Crippen LogP contribution in [0.5, 0.6) is 0 Å². The molecule has 7 heteroatoms. The average molecular weight is 287 g/mol. The Bertz CT molecular complexity index is 336. The highest BCUT2D eigenvalue weighted by atomic mass is 16.5. The topological polar surface area (TPSA) is 82.1 Å². The number of carbonyl (C=O) groups excluding carboxylic acids is 2. The van der Waals surface area contributed by atoms with Crippen LogP contribution in [0.4, 0.5) is 0 Å². The van der Waals surface area contributed by atoms with E-state index in [9.17, 15) is 14.7 Å². The number of hydrogen-bond donors (Lipinski definition) is 2. The van der Waals surface area contributed by atoms with Gasteiger partial charge in [0.2, 0.25) is 0 Å². The highest BCUT2D eigenvalue weighted by molar-refractivity contribution is 6.35. The number of ether oxygens (including phenoxy) is 1. The fourth-order valence-electron chi connectivity index (χ4n) is 2.12. The van der Waals surface area contributed by atoms with Crippen molar-refractivity contribution in [3.05, 3.63) is 0 Å². The predicted molar refractivity (Wildman–Crippen MR) is 74.2 cm³/mol. The van der Waals surface area contributed by atoms with Crippen molar-refractivity contribution in [1.29, 1.82) is 0 Å². The Hall–Kier alpha value is -1.18. The summed E-state index contributed by atoms with van der Waals surface area (Å²) < 4.78 is 4.88. The molecule has 1 rings (SSSR count). The molecule has 116 valence electrons. The Balaban J connectivity index is 2.38. The van der Waals surface area contributed by atoms with Crippen molar-refractivity contribution >= 4 is 11.8 Å². The van der Waals surface area contributed by atoms with Gasteiger partial charge in [0.25, 0.3) is 0 Å². The monoisotopic (exact) mass is 287 g/mol. The van der Waals surface area contributed by atoms with Gasteiger partial charge >= 0.3 is 11.8 Å². The Kier molecular flexibility index (Phi) is 6.90. The second-order valence-electron chi connectivity index (χ2n) is 5.19. The lowest BCUT2D eigenvalue weighted by Gasteiger charge is -2.36. The third kappa shape index (κ3) is 4.73. The van der Waals surface area contributed by atoms with Crippen molar-refractivity contribution in [3.63, 3.8) is 0 Å². The Labute approximate surface area is 119 Å². The van der Waals surface area contributed by atoms with Gasteiger partial charge in [0, 0.05) is 45.9 Å². The molecule has 1 aliphatic heterocycles. The maximum absolute atomic E-state index is 11.9. The molecule has 0 aromatic heterocycles. The smallest absolute Gasteiger partial charge is 0.312 e. The summed E-state index contributed by atoms with van der Waals surface area (Å²) in [5.74, 6) is -1.01. The van der Waals surface area contributed by atoms with Crippen LogP contribution in [0.25, 0.3) is 0 Å². The van der Waals surface area contributed by atoms with E-state index in [-0.39, 0.29) is 12.6 Å². The second kappa shape index (κ2) is 8.18. The first-order valence-electron chi connectivity index (χ1n) is 6.95. The number of amides is 2. The van der Waals surface area contributed by atoms with Gasteiger partial charge in [-0.3, -0.25) is 9.59 Å². The standard InChI is InChI=1S/C13H25N3O4/c1-10(2)16-6-5-15(12(18)13(16)19)9-11(17)8-14-4-7-20-3/h10-11,14,17H,4-9H2,1-3H3.